The average Bonchev–Trinajstić information content (AvgIpc) is 2.39. The maximum atomic E-state index is 11.6. The molecule has 1 heterocycles. The first-order valence-electron chi connectivity index (χ1n) is 5.38. The van der Waals surface area contributed by atoms with Gasteiger partial charge in [0.1, 0.15) is 0 Å². The van der Waals surface area contributed by atoms with Crippen LogP contribution in [0, 0.1) is 0 Å². The van der Waals surface area contributed by atoms with Crippen LogP contribution in [-0.4, -0.2) is 43.3 Å². The van der Waals surface area contributed by atoms with Gasteiger partial charge in [-0.05, 0) is 19.8 Å². The van der Waals surface area contributed by atoms with Gasteiger partial charge < -0.3 is 15.0 Å². The van der Waals surface area contributed by atoms with Crippen molar-refractivity contribution in [2.45, 2.75) is 32.8 Å². The number of rotatable bonds is 2. The molecule has 14 heavy (non-hydrogen) atoms. The van der Waals surface area contributed by atoms with Gasteiger partial charge in [0.15, 0.2) is 0 Å². The number of hydrogen-bond acceptors (Lipinski definition) is 2. The van der Waals surface area contributed by atoms with Crippen LogP contribution in [0.3, 0.4) is 0 Å². The molecule has 1 aliphatic rings. The summed E-state index contributed by atoms with van der Waals surface area (Å²) in [6.07, 6.45) is 2.07. The van der Waals surface area contributed by atoms with E-state index in [2.05, 4.69) is 12.2 Å². The van der Waals surface area contributed by atoms with Gasteiger partial charge in [-0.1, -0.05) is 6.92 Å². The minimum atomic E-state index is 0.0456. The molecule has 0 saturated carbocycles. The predicted molar refractivity (Wildman–Crippen MR) is 55.3 cm³/mol. The Bertz CT molecular complexity index is 185. The first-order valence-corrected chi connectivity index (χ1v) is 5.38. The van der Waals surface area contributed by atoms with E-state index in [1.807, 2.05) is 11.8 Å². The number of urea groups is 1. The summed E-state index contributed by atoms with van der Waals surface area (Å²) >= 11 is 0. The molecule has 4 heteroatoms. The van der Waals surface area contributed by atoms with Gasteiger partial charge in [-0.15, -0.1) is 0 Å². The van der Waals surface area contributed by atoms with Crippen molar-refractivity contribution in [3.63, 3.8) is 0 Å². The van der Waals surface area contributed by atoms with Crippen molar-refractivity contribution in [2.75, 3.05) is 26.2 Å². The second-order valence-corrected chi connectivity index (χ2v) is 3.71. The lowest BCUT2D eigenvalue weighted by Gasteiger charge is -2.22. The zero-order chi connectivity index (χ0) is 10.4. The normalized spacial score (nSPS) is 23.0. The SMILES string of the molecule is CCCNC(=O)N1CCCOC(C)C1. The first-order chi connectivity index (χ1) is 6.74. The van der Waals surface area contributed by atoms with Crippen LogP contribution in [0.1, 0.15) is 26.7 Å². The zero-order valence-electron chi connectivity index (χ0n) is 9.08. The predicted octanol–water partition coefficient (Wildman–Crippen LogP) is 1.22. The molecule has 0 aromatic carbocycles. The van der Waals surface area contributed by atoms with E-state index in [4.69, 9.17) is 4.74 Å². The number of carbonyl (C=O) groups is 1. The molecule has 82 valence electrons. The molecule has 0 aliphatic carbocycles. The Morgan fingerprint density at radius 3 is 3.14 bits per heavy atom. The highest BCUT2D eigenvalue weighted by Crippen LogP contribution is 2.05. The van der Waals surface area contributed by atoms with Gasteiger partial charge in [-0.25, -0.2) is 4.79 Å². The topological polar surface area (TPSA) is 41.6 Å². The number of nitrogens with one attached hydrogen (secondary N) is 1. The maximum absolute atomic E-state index is 11.6. The number of nitrogens with zero attached hydrogens (tertiary/aromatic N) is 1. The van der Waals surface area contributed by atoms with Crippen LogP contribution in [0.2, 0.25) is 0 Å². The highest BCUT2D eigenvalue weighted by molar-refractivity contribution is 5.74. The van der Waals surface area contributed by atoms with Crippen molar-refractivity contribution < 1.29 is 9.53 Å². The molecule has 0 spiro atoms. The van der Waals surface area contributed by atoms with Crippen molar-refractivity contribution >= 4 is 6.03 Å². The fourth-order valence-corrected chi connectivity index (χ4v) is 1.52. The van der Waals surface area contributed by atoms with Crippen LogP contribution in [0.4, 0.5) is 4.79 Å². The highest BCUT2D eigenvalue weighted by Gasteiger charge is 2.18. The third-order valence-corrected chi connectivity index (χ3v) is 2.27. The molecule has 1 unspecified atom stereocenters. The molecule has 1 fully saturated rings. The van der Waals surface area contributed by atoms with Gasteiger partial charge in [-0.2, -0.15) is 0 Å². The Morgan fingerprint density at radius 2 is 2.43 bits per heavy atom. The van der Waals surface area contributed by atoms with Gasteiger partial charge in [0, 0.05) is 26.2 Å². The molecule has 0 aromatic rings. The average molecular weight is 200 g/mol. The Kier molecular flexibility index (Phi) is 4.73. The Morgan fingerprint density at radius 1 is 1.64 bits per heavy atom. The van der Waals surface area contributed by atoms with E-state index in [0.717, 1.165) is 32.5 Å². The molecule has 1 rings (SSSR count). The molecular formula is C10H20N2O2. The highest BCUT2D eigenvalue weighted by atomic mass is 16.5. The summed E-state index contributed by atoms with van der Waals surface area (Å²) in [4.78, 5) is 13.5. The van der Waals surface area contributed by atoms with Crippen molar-refractivity contribution in [3.05, 3.63) is 0 Å². The third-order valence-electron chi connectivity index (χ3n) is 2.27. The minimum Gasteiger partial charge on any atom is -0.377 e. The van der Waals surface area contributed by atoms with E-state index in [9.17, 15) is 4.79 Å². The smallest absolute Gasteiger partial charge is 0.317 e. The van der Waals surface area contributed by atoms with Gasteiger partial charge >= 0.3 is 6.03 Å². The monoisotopic (exact) mass is 200 g/mol. The van der Waals surface area contributed by atoms with Crippen LogP contribution in [-0.2, 0) is 4.74 Å². The van der Waals surface area contributed by atoms with Crippen molar-refractivity contribution in [1.82, 2.24) is 10.2 Å². The van der Waals surface area contributed by atoms with Crippen LogP contribution in [0.15, 0.2) is 0 Å². The molecule has 1 N–H and O–H groups in total. The first kappa shape index (κ1) is 11.3. The summed E-state index contributed by atoms with van der Waals surface area (Å²) in [6.45, 7) is 7.08. The van der Waals surface area contributed by atoms with Crippen molar-refractivity contribution in [3.8, 4) is 0 Å². The van der Waals surface area contributed by atoms with Crippen molar-refractivity contribution in [2.24, 2.45) is 0 Å². The lowest BCUT2D eigenvalue weighted by atomic mass is 10.3. The van der Waals surface area contributed by atoms with Crippen LogP contribution < -0.4 is 5.32 Å². The number of hydrogen-bond donors (Lipinski definition) is 1. The second kappa shape index (κ2) is 5.86. The molecule has 2 amide bonds. The Balaban J connectivity index is 2.36. The number of amides is 2. The van der Waals surface area contributed by atoms with Gasteiger partial charge in [0.2, 0.25) is 0 Å². The minimum absolute atomic E-state index is 0.0456. The quantitative estimate of drug-likeness (QED) is 0.728. The number of carbonyl (C=O) groups excluding carboxylic acids is 1. The van der Waals surface area contributed by atoms with E-state index in [1.54, 1.807) is 0 Å². The Labute approximate surface area is 85.6 Å². The molecule has 1 atom stereocenters. The van der Waals surface area contributed by atoms with E-state index in [1.165, 1.54) is 0 Å². The molecule has 1 saturated heterocycles. The van der Waals surface area contributed by atoms with Gasteiger partial charge in [0.05, 0.1) is 6.10 Å². The maximum Gasteiger partial charge on any atom is 0.317 e. The van der Waals surface area contributed by atoms with E-state index in [0.29, 0.717) is 6.54 Å². The molecular weight excluding hydrogens is 180 g/mol. The molecule has 0 aromatic heterocycles. The summed E-state index contributed by atoms with van der Waals surface area (Å²) < 4.78 is 5.47. The summed E-state index contributed by atoms with van der Waals surface area (Å²) in [5, 5.41) is 2.88. The molecule has 0 radical (unpaired) electrons. The summed E-state index contributed by atoms with van der Waals surface area (Å²) in [7, 11) is 0. The summed E-state index contributed by atoms with van der Waals surface area (Å²) in [5.41, 5.74) is 0. The lowest BCUT2D eigenvalue weighted by Crippen LogP contribution is -2.43. The lowest BCUT2D eigenvalue weighted by molar-refractivity contribution is 0.0710. The number of ether oxygens (including phenoxy) is 1. The van der Waals surface area contributed by atoms with Crippen LogP contribution in [0.5, 0.6) is 0 Å². The molecule has 0 bridgehead atoms. The fourth-order valence-electron chi connectivity index (χ4n) is 1.52. The molecule has 1 aliphatic heterocycles. The van der Waals surface area contributed by atoms with Crippen LogP contribution >= 0.6 is 0 Å². The zero-order valence-corrected chi connectivity index (χ0v) is 9.08. The van der Waals surface area contributed by atoms with Gasteiger partial charge in [-0.3, -0.25) is 0 Å². The summed E-state index contributed by atoms with van der Waals surface area (Å²) in [6, 6.07) is 0.0456. The van der Waals surface area contributed by atoms with E-state index >= 15 is 0 Å². The largest absolute Gasteiger partial charge is 0.377 e. The van der Waals surface area contributed by atoms with Crippen LogP contribution in [0.25, 0.3) is 0 Å². The fraction of sp³-hybridized carbons (Fsp3) is 0.900. The van der Waals surface area contributed by atoms with E-state index < -0.39 is 0 Å². The summed E-state index contributed by atoms with van der Waals surface area (Å²) in [5.74, 6) is 0. The third kappa shape index (κ3) is 3.54. The van der Waals surface area contributed by atoms with Gasteiger partial charge in [0.25, 0.3) is 0 Å². The standard InChI is InChI=1S/C10H20N2O2/c1-3-5-11-10(13)12-6-4-7-14-9(2)8-12/h9H,3-8H2,1-2H3,(H,11,13). The molecule has 4 nitrogen and oxygen atoms in total. The Hall–Kier alpha value is -0.770. The second-order valence-electron chi connectivity index (χ2n) is 3.71. The van der Waals surface area contributed by atoms with E-state index in [-0.39, 0.29) is 12.1 Å². The van der Waals surface area contributed by atoms with Crippen molar-refractivity contribution in [1.29, 1.82) is 0 Å².